The number of nitrogens with two attached hydrogens (primary N) is 1. The number of hydrogen-bond donors (Lipinski definition) is 1. The number of fused-ring (bicyclic) bond motifs is 1. The lowest BCUT2D eigenvalue weighted by molar-refractivity contribution is 0.518. The number of hydrogen-bond acceptors (Lipinski definition) is 3. The van der Waals surface area contributed by atoms with Crippen molar-refractivity contribution in [3.05, 3.63) is 23.8 Å². The van der Waals surface area contributed by atoms with Gasteiger partial charge in [-0.1, -0.05) is 18.9 Å². The van der Waals surface area contributed by atoms with Gasteiger partial charge in [-0.25, -0.2) is 4.98 Å². The Morgan fingerprint density at radius 1 is 1.37 bits per heavy atom. The third kappa shape index (κ3) is 2.22. The monoisotopic (exact) mass is 275 g/mol. The van der Waals surface area contributed by atoms with Gasteiger partial charge in [0.15, 0.2) is 0 Å². The van der Waals surface area contributed by atoms with Crippen LogP contribution in [0.5, 0.6) is 0 Å². The van der Waals surface area contributed by atoms with Gasteiger partial charge in [-0.05, 0) is 43.7 Å². The minimum absolute atomic E-state index is 0.353. The Labute approximate surface area is 118 Å². The largest absolute Gasteiger partial charge is 0.369 e. The Morgan fingerprint density at radius 2 is 2.11 bits per heavy atom. The highest BCUT2D eigenvalue weighted by atomic mass is 32.2. The first kappa shape index (κ1) is 12.9. The molecule has 1 fully saturated rings. The minimum Gasteiger partial charge on any atom is -0.369 e. The Bertz CT molecular complexity index is 597. The Kier molecular flexibility index (Phi) is 3.21. The van der Waals surface area contributed by atoms with E-state index in [-0.39, 0.29) is 0 Å². The average molecular weight is 275 g/mol. The van der Waals surface area contributed by atoms with Crippen molar-refractivity contribution >= 4 is 28.7 Å². The maximum Gasteiger partial charge on any atom is 0.201 e. The number of thioether (sulfide) groups is 1. The molecule has 1 aliphatic rings. The first-order valence-electron chi connectivity index (χ1n) is 6.91. The fourth-order valence-electron chi connectivity index (χ4n) is 3.15. The molecule has 0 unspecified atom stereocenters. The lowest BCUT2D eigenvalue weighted by Crippen LogP contribution is -2.27. The van der Waals surface area contributed by atoms with Crippen LogP contribution >= 0.6 is 11.8 Å². The van der Waals surface area contributed by atoms with Crippen LogP contribution in [0.2, 0.25) is 0 Å². The molecule has 2 N–H and O–H groups in total. The van der Waals surface area contributed by atoms with E-state index in [1.807, 2.05) is 11.8 Å². The van der Waals surface area contributed by atoms with Crippen LogP contribution in [0, 0.1) is 6.92 Å². The van der Waals surface area contributed by atoms with Gasteiger partial charge in [-0.15, -0.1) is 0 Å². The summed E-state index contributed by atoms with van der Waals surface area (Å²) in [4.78, 5) is 4.49. The molecule has 3 nitrogen and oxygen atoms in total. The molecule has 19 heavy (non-hydrogen) atoms. The SMILES string of the molecule is CSC1(Cn2c(N)nc3ccc(C)cc32)CCCC1. The first-order chi connectivity index (χ1) is 9.13. The normalized spacial score (nSPS) is 18.2. The summed E-state index contributed by atoms with van der Waals surface area (Å²) < 4.78 is 2.57. The highest BCUT2D eigenvalue weighted by Gasteiger charge is 2.34. The van der Waals surface area contributed by atoms with E-state index >= 15 is 0 Å². The first-order valence-corrected chi connectivity index (χ1v) is 8.14. The molecule has 1 aromatic heterocycles. The molecule has 4 heteroatoms. The molecule has 0 atom stereocenters. The van der Waals surface area contributed by atoms with Crippen LogP contribution in [-0.2, 0) is 6.54 Å². The van der Waals surface area contributed by atoms with Crippen molar-refractivity contribution in [2.75, 3.05) is 12.0 Å². The molecule has 3 rings (SSSR count). The molecule has 0 radical (unpaired) electrons. The van der Waals surface area contributed by atoms with Crippen LogP contribution in [-0.4, -0.2) is 20.6 Å². The summed E-state index contributed by atoms with van der Waals surface area (Å²) in [5.41, 5.74) is 9.59. The summed E-state index contributed by atoms with van der Waals surface area (Å²) >= 11 is 2.00. The third-order valence-corrected chi connectivity index (χ3v) is 5.73. The highest BCUT2D eigenvalue weighted by molar-refractivity contribution is 8.00. The van der Waals surface area contributed by atoms with E-state index in [1.165, 1.54) is 36.8 Å². The van der Waals surface area contributed by atoms with Gasteiger partial charge in [0.25, 0.3) is 0 Å². The summed E-state index contributed by atoms with van der Waals surface area (Å²) in [7, 11) is 0. The predicted octanol–water partition coefficient (Wildman–Crippen LogP) is 3.60. The fourth-order valence-corrected chi connectivity index (χ4v) is 4.11. The van der Waals surface area contributed by atoms with Gasteiger partial charge in [-0.3, -0.25) is 0 Å². The maximum atomic E-state index is 6.14. The van der Waals surface area contributed by atoms with Gasteiger partial charge in [0.05, 0.1) is 11.0 Å². The number of aryl methyl sites for hydroxylation is 1. The van der Waals surface area contributed by atoms with Crippen LogP contribution in [0.25, 0.3) is 11.0 Å². The summed E-state index contributed by atoms with van der Waals surface area (Å²) in [6.45, 7) is 3.10. The Balaban J connectivity index is 2.04. The number of nitrogen functional groups attached to an aromatic ring is 1. The van der Waals surface area contributed by atoms with Crippen LogP contribution in [0.1, 0.15) is 31.2 Å². The molecule has 102 valence electrons. The summed E-state index contributed by atoms with van der Waals surface area (Å²) in [6.07, 6.45) is 7.49. The molecule has 0 amide bonds. The lowest BCUT2D eigenvalue weighted by Gasteiger charge is -2.27. The topological polar surface area (TPSA) is 43.8 Å². The molecule has 1 heterocycles. The zero-order valence-corrected chi connectivity index (χ0v) is 12.5. The number of imidazole rings is 1. The number of benzene rings is 1. The fraction of sp³-hybridized carbons (Fsp3) is 0.533. The number of aromatic nitrogens is 2. The summed E-state index contributed by atoms with van der Waals surface area (Å²) in [5.74, 6) is 0.654. The third-order valence-electron chi connectivity index (χ3n) is 4.33. The second-order valence-corrected chi connectivity index (χ2v) is 6.92. The molecule has 0 aliphatic heterocycles. The van der Waals surface area contributed by atoms with E-state index in [1.54, 1.807) is 0 Å². The van der Waals surface area contributed by atoms with Crippen LogP contribution in [0.15, 0.2) is 18.2 Å². The second-order valence-electron chi connectivity index (χ2n) is 5.64. The van der Waals surface area contributed by atoms with E-state index < -0.39 is 0 Å². The number of rotatable bonds is 3. The molecule has 0 spiro atoms. The van der Waals surface area contributed by atoms with E-state index in [4.69, 9.17) is 5.73 Å². The highest BCUT2D eigenvalue weighted by Crippen LogP contribution is 2.42. The molecular formula is C15H21N3S. The number of anilines is 1. The van der Waals surface area contributed by atoms with E-state index in [2.05, 4.69) is 40.9 Å². The molecule has 2 aromatic rings. The second kappa shape index (κ2) is 4.75. The molecule has 0 saturated heterocycles. The zero-order chi connectivity index (χ0) is 13.5. The number of nitrogens with zero attached hydrogens (tertiary/aromatic N) is 2. The van der Waals surface area contributed by atoms with Crippen molar-refractivity contribution in [3.63, 3.8) is 0 Å². The van der Waals surface area contributed by atoms with Gasteiger partial charge < -0.3 is 10.3 Å². The van der Waals surface area contributed by atoms with Crippen LogP contribution in [0.4, 0.5) is 5.95 Å². The quantitative estimate of drug-likeness (QED) is 0.930. The van der Waals surface area contributed by atoms with Gasteiger partial charge in [0.1, 0.15) is 0 Å². The van der Waals surface area contributed by atoms with Crippen molar-refractivity contribution in [2.45, 2.75) is 43.9 Å². The van der Waals surface area contributed by atoms with Gasteiger partial charge in [0.2, 0.25) is 5.95 Å². The minimum atomic E-state index is 0.353. The smallest absolute Gasteiger partial charge is 0.201 e. The maximum absolute atomic E-state index is 6.14. The standard InChI is InChI=1S/C15H21N3S/c1-11-5-6-12-13(9-11)18(14(16)17-12)10-15(19-2)7-3-4-8-15/h5-6,9H,3-4,7-8,10H2,1-2H3,(H2,16,17). The average Bonchev–Trinajstić information content (AvgIpc) is 2.98. The summed E-state index contributed by atoms with van der Waals surface area (Å²) in [5, 5.41) is 0. The van der Waals surface area contributed by atoms with E-state index in [0.29, 0.717) is 10.7 Å². The predicted molar refractivity (Wildman–Crippen MR) is 83.6 cm³/mol. The zero-order valence-electron chi connectivity index (χ0n) is 11.6. The molecule has 1 aromatic carbocycles. The van der Waals surface area contributed by atoms with Crippen LogP contribution in [0.3, 0.4) is 0 Å². The Morgan fingerprint density at radius 3 is 2.79 bits per heavy atom. The van der Waals surface area contributed by atoms with Crippen molar-refractivity contribution < 1.29 is 0 Å². The van der Waals surface area contributed by atoms with Gasteiger partial charge >= 0.3 is 0 Å². The Hall–Kier alpha value is -1.16. The summed E-state index contributed by atoms with van der Waals surface area (Å²) in [6, 6.07) is 6.36. The lowest BCUT2D eigenvalue weighted by atomic mass is 10.1. The van der Waals surface area contributed by atoms with Crippen molar-refractivity contribution in [2.24, 2.45) is 0 Å². The molecular weight excluding hydrogens is 254 g/mol. The van der Waals surface area contributed by atoms with Crippen LogP contribution < -0.4 is 5.73 Å². The van der Waals surface area contributed by atoms with Gasteiger partial charge in [0, 0.05) is 11.3 Å². The molecule has 1 saturated carbocycles. The van der Waals surface area contributed by atoms with Crippen molar-refractivity contribution in [1.82, 2.24) is 9.55 Å². The van der Waals surface area contributed by atoms with Crippen molar-refractivity contribution in [1.29, 1.82) is 0 Å². The molecule has 1 aliphatic carbocycles. The molecule has 0 bridgehead atoms. The van der Waals surface area contributed by atoms with Gasteiger partial charge in [-0.2, -0.15) is 11.8 Å². The van der Waals surface area contributed by atoms with Crippen molar-refractivity contribution in [3.8, 4) is 0 Å². The van der Waals surface area contributed by atoms with E-state index in [0.717, 1.165) is 12.1 Å². The van der Waals surface area contributed by atoms with E-state index in [9.17, 15) is 0 Å².